The number of benzene rings is 2. The van der Waals surface area contributed by atoms with Gasteiger partial charge < -0.3 is 24.7 Å². The second-order valence-corrected chi connectivity index (χ2v) is 8.82. The Balaban J connectivity index is 1.70. The lowest BCUT2D eigenvalue weighted by Crippen LogP contribution is -2.36. The van der Waals surface area contributed by atoms with Crippen LogP contribution in [0.5, 0.6) is 11.5 Å². The van der Waals surface area contributed by atoms with Crippen molar-refractivity contribution in [3.8, 4) is 11.5 Å². The molecular weight excluding hydrogens is 459 g/mol. The first kappa shape index (κ1) is 25.1. The van der Waals surface area contributed by atoms with Gasteiger partial charge in [-0.15, -0.1) is 11.8 Å². The van der Waals surface area contributed by atoms with E-state index in [0.29, 0.717) is 23.0 Å². The Morgan fingerprint density at radius 1 is 1.12 bits per heavy atom. The fourth-order valence-corrected chi connectivity index (χ4v) is 3.91. The summed E-state index contributed by atoms with van der Waals surface area (Å²) in [6, 6.07) is 10.3. The fourth-order valence-electron chi connectivity index (χ4n) is 3.21. The predicted octanol–water partition coefficient (Wildman–Crippen LogP) is 3.54. The first-order valence-corrected chi connectivity index (χ1v) is 11.5. The molecule has 0 radical (unpaired) electrons. The van der Waals surface area contributed by atoms with E-state index in [1.807, 2.05) is 23.7 Å². The average Bonchev–Trinajstić information content (AvgIpc) is 3.27. The number of ether oxygens (including phenoxy) is 2. The predicted molar refractivity (Wildman–Crippen MR) is 130 cm³/mol. The van der Waals surface area contributed by atoms with Crippen LogP contribution >= 0.6 is 11.8 Å². The molecule has 1 aromatic heterocycles. The Kier molecular flexibility index (Phi) is 8.53. The maximum atomic E-state index is 13.0. The SMILES string of the molecule is COc1cc(OC)cc(C(NC(=O)C(C)SCC(=O)Nc2ccc(F)cc2)c2nccn2C)c1. The zero-order valence-electron chi connectivity index (χ0n) is 19.4. The molecule has 180 valence electrons. The second-order valence-electron chi connectivity index (χ2n) is 7.49. The number of hydrogen-bond acceptors (Lipinski definition) is 6. The van der Waals surface area contributed by atoms with Crippen LogP contribution in [-0.4, -0.2) is 46.6 Å². The minimum Gasteiger partial charge on any atom is -0.497 e. The van der Waals surface area contributed by atoms with Crippen LogP contribution in [-0.2, 0) is 16.6 Å². The molecule has 2 aromatic carbocycles. The number of imidazole rings is 1. The van der Waals surface area contributed by atoms with Gasteiger partial charge in [0.15, 0.2) is 0 Å². The molecule has 8 nitrogen and oxygen atoms in total. The van der Waals surface area contributed by atoms with Gasteiger partial charge in [-0.25, -0.2) is 9.37 Å². The molecule has 10 heteroatoms. The van der Waals surface area contributed by atoms with Crippen molar-refractivity contribution >= 4 is 29.3 Å². The number of methoxy groups -OCH3 is 2. The zero-order valence-corrected chi connectivity index (χ0v) is 20.2. The lowest BCUT2D eigenvalue weighted by atomic mass is 10.0. The number of anilines is 1. The Morgan fingerprint density at radius 2 is 1.76 bits per heavy atom. The Labute approximate surface area is 201 Å². The van der Waals surface area contributed by atoms with Crippen molar-refractivity contribution in [1.82, 2.24) is 14.9 Å². The molecule has 3 aromatic rings. The molecule has 2 amide bonds. The van der Waals surface area contributed by atoms with Crippen LogP contribution in [0.1, 0.15) is 24.4 Å². The average molecular weight is 487 g/mol. The van der Waals surface area contributed by atoms with Crippen molar-refractivity contribution in [3.05, 3.63) is 72.1 Å². The first-order valence-electron chi connectivity index (χ1n) is 10.5. The highest BCUT2D eigenvalue weighted by molar-refractivity contribution is 8.01. The molecule has 0 aliphatic heterocycles. The number of amides is 2. The summed E-state index contributed by atoms with van der Waals surface area (Å²) in [6.07, 6.45) is 3.45. The van der Waals surface area contributed by atoms with Crippen LogP contribution in [0.15, 0.2) is 54.9 Å². The number of aromatic nitrogens is 2. The summed E-state index contributed by atoms with van der Waals surface area (Å²) in [5.41, 5.74) is 1.23. The van der Waals surface area contributed by atoms with Crippen LogP contribution in [0.2, 0.25) is 0 Å². The summed E-state index contributed by atoms with van der Waals surface area (Å²) < 4.78 is 25.6. The highest BCUT2D eigenvalue weighted by atomic mass is 32.2. The lowest BCUT2D eigenvalue weighted by Gasteiger charge is -2.22. The largest absolute Gasteiger partial charge is 0.497 e. The van der Waals surface area contributed by atoms with Crippen LogP contribution in [0, 0.1) is 5.82 Å². The second kappa shape index (κ2) is 11.6. The molecule has 0 aliphatic rings. The smallest absolute Gasteiger partial charge is 0.234 e. The number of carbonyl (C=O) groups excluding carboxylic acids is 2. The summed E-state index contributed by atoms with van der Waals surface area (Å²) >= 11 is 1.19. The highest BCUT2D eigenvalue weighted by Gasteiger charge is 2.25. The van der Waals surface area contributed by atoms with E-state index >= 15 is 0 Å². The normalized spacial score (nSPS) is 12.5. The van der Waals surface area contributed by atoms with Crippen molar-refractivity contribution in [1.29, 1.82) is 0 Å². The minimum absolute atomic E-state index is 0.0615. The monoisotopic (exact) mass is 486 g/mol. The van der Waals surface area contributed by atoms with Crippen LogP contribution < -0.4 is 20.1 Å². The number of nitrogens with zero attached hydrogens (tertiary/aromatic N) is 2. The quantitative estimate of drug-likeness (QED) is 0.455. The molecule has 0 fully saturated rings. The van der Waals surface area contributed by atoms with Crippen molar-refractivity contribution < 1.29 is 23.5 Å². The Morgan fingerprint density at radius 3 is 2.32 bits per heavy atom. The first-order chi connectivity index (χ1) is 16.3. The molecule has 3 rings (SSSR count). The zero-order chi connectivity index (χ0) is 24.7. The van der Waals surface area contributed by atoms with E-state index in [4.69, 9.17) is 9.47 Å². The molecule has 0 bridgehead atoms. The van der Waals surface area contributed by atoms with Gasteiger partial charge in [0.1, 0.15) is 29.2 Å². The van der Waals surface area contributed by atoms with Crippen molar-refractivity contribution in [3.63, 3.8) is 0 Å². The summed E-state index contributed by atoms with van der Waals surface area (Å²) in [6.45, 7) is 1.73. The molecule has 1 heterocycles. The molecule has 2 atom stereocenters. The van der Waals surface area contributed by atoms with Gasteiger partial charge in [0.05, 0.1) is 25.2 Å². The molecule has 2 unspecified atom stereocenters. The number of carbonyl (C=O) groups is 2. The molecule has 0 saturated heterocycles. The molecule has 0 aliphatic carbocycles. The number of rotatable bonds is 10. The number of aryl methyl sites for hydroxylation is 1. The molecule has 0 spiro atoms. The summed E-state index contributed by atoms with van der Waals surface area (Å²) in [4.78, 5) is 29.7. The van der Waals surface area contributed by atoms with Crippen LogP contribution in [0.25, 0.3) is 0 Å². The van der Waals surface area contributed by atoms with Gasteiger partial charge in [-0.3, -0.25) is 9.59 Å². The summed E-state index contributed by atoms with van der Waals surface area (Å²) in [5.74, 6) is 0.948. The maximum absolute atomic E-state index is 13.0. The van der Waals surface area contributed by atoms with Gasteiger partial charge in [0.2, 0.25) is 11.8 Å². The van der Waals surface area contributed by atoms with Crippen LogP contribution in [0.3, 0.4) is 0 Å². The third-order valence-corrected chi connectivity index (χ3v) is 6.21. The lowest BCUT2D eigenvalue weighted by molar-refractivity contribution is -0.120. The minimum atomic E-state index is -0.562. The number of halogens is 1. The van der Waals surface area contributed by atoms with Gasteiger partial charge in [-0.2, -0.15) is 0 Å². The Hall–Kier alpha value is -3.53. The van der Waals surface area contributed by atoms with Crippen LogP contribution in [0.4, 0.5) is 10.1 Å². The van der Waals surface area contributed by atoms with E-state index in [1.54, 1.807) is 39.6 Å². The van der Waals surface area contributed by atoms with E-state index in [1.165, 1.54) is 36.0 Å². The van der Waals surface area contributed by atoms with Crippen molar-refractivity contribution in [2.75, 3.05) is 25.3 Å². The van der Waals surface area contributed by atoms with Crippen molar-refractivity contribution in [2.45, 2.75) is 18.2 Å². The molecular formula is C24H27FN4O4S. The Bertz CT molecular complexity index is 1110. The van der Waals surface area contributed by atoms with E-state index in [9.17, 15) is 14.0 Å². The number of hydrogen-bond donors (Lipinski definition) is 2. The number of thioether (sulfide) groups is 1. The third kappa shape index (κ3) is 6.50. The molecule has 2 N–H and O–H groups in total. The van der Waals surface area contributed by atoms with E-state index < -0.39 is 11.3 Å². The van der Waals surface area contributed by atoms with Gasteiger partial charge in [-0.05, 0) is 48.9 Å². The summed E-state index contributed by atoms with van der Waals surface area (Å²) in [5, 5.41) is 5.20. The van der Waals surface area contributed by atoms with Crippen molar-refractivity contribution in [2.24, 2.45) is 7.05 Å². The highest BCUT2D eigenvalue weighted by Crippen LogP contribution is 2.30. The number of nitrogens with one attached hydrogen (secondary N) is 2. The molecule has 34 heavy (non-hydrogen) atoms. The van der Waals surface area contributed by atoms with Gasteiger partial charge in [0.25, 0.3) is 0 Å². The fraction of sp³-hybridized carbons (Fsp3) is 0.292. The standard InChI is InChI=1S/C24H27FN4O4S/c1-15(34-14-21(30)27-18-7-5-17(25)6-8-18)24(31)28-22(23-26-9-10-29(23)2)16-11-19(32-3)13-20(12-16)33-4/h5-13,15,22H,14H2,1-4H3,(H,27,30)(H,28,31). The van der Waals surface area contributed by atoms with E-state index in [0.717, 1.165) is 5.56 Å². The summed E-state index contributed by atoms with van der Waals surface area (Å²) in [7, 11) is 4.96. The third-order valence-electron chi connectivity index (χ3n) is 5.07. The van der Waals surface area contributed by atoms with Gasteiger partial charge in [-0.1, -0.05) is 0 Å². The van der Waals surface area contributed by atoms with Gasteiger partial charge >= 0.3 is 0 Å². The van der Waals surface area contributed by atoms with Gasteiger partial charge in [0, 0.05) is 31.2 Å². The van der Waals surface area contributed by atoms with E-state index in [-0.39, 0.29) is 23.4 Å². The van der Waals surface area contributed by atoms with E-state index in [2.05, 4.69) is 15.6 Å². The molecule has 0 saturated carbocycles. The topological polar surface area (TPSA) is 94.5 Å². The maximum Gasteiger partial charge on any atom is 0.234 e.